The van der Waals surface area contributed by atoms with Crippen molar-refractivity contribution in [3.8, 4) is 5.75 Å². The first-order chi connectivity index (χ1) is 10.1. The van der Waals surface area contributed by atoms with E-state index in [-0.39, 0.29) is 0 Å². The third-order valence-electron chi connectivity index (χ3n) is 3.50. The number of benzene rings is 1. The van der Waals surface area contributed by atoms with Crippen LogP contribution in [-0.2, 0) is 19.6 Å². The molecule has 0 aliphatic carbocycles. The summed E-state index contributed by atoms with van der Waals surface area (Å²) >= 11 is 0. The number of hydrogen-bond donors (Lipinski definition) is 1. The fourth-order valence-electron chi connectivity index (χ4n) is 2.48. The highest BCUT2D eigenvalue weighted by Crippen LogP contribution is 2.21. The van der Waals surface area contributed by atoms with Crippen LogP contribution in [0.25, 0.3) is 0 Å². The van der Waals surface area contributed by atoms with Crippen LogP contribution in [0.2, 0.25) is 0 Å². The van der Waals surface area contributed by atoms with Crippen molar-refractivity contribution in [2.24, 2.45) is 0 Å². The lowest BCUT2D eigenvalue weighted by Crippen LogP contribution is -2.17. The maximum Gasteiger partial charge on any atom is 0.123 e. The molecule has 0 spiro atoms. The fraction of sp³-hybridized carbons (Fsp3) is 0.412. The van der Waals surface area contributed by atoms with Gasteiger partial charge in [0.05, 0.1) is 13.7 Å². The molecular weight excluding hydrogens is 264 g/mol. The van der Waals surface area contributed by atoms with E-state index in [0.717, 1.165) is 36.9 Å². The molecule has 0 amide bonds. The highest BCUT2D eigenvalue weighted by Gasteiger charge is 2.11. The van der Waals surface area contributed by atoms with E-state index in [2.05, 4.69) is 29.4 Å². The molecule has 0 fully saturated rings. The quantitative estimate of drug-likeness (QED) is 0.850. The number of rotatable bonds is 7. The first kappa shape index (κ1) is 15.6. The van der Waals surface area contributed by atoms with E-state index in [1.54, 1.807) is 7.11 Å². The summed E-state index contributed by atoms with van der Waals surface area (Å²) in [5, 5.41) is 3.16. The normalized spacial score (nSPS) is 11.1. The number of para-hydroxylation sites is 1. The van der Waals surface area contributed by atoms with Gasteiger partial charge in [-0.3, -0.25) is 4.90 Å². The van der Waals surface area contributed by atoms with Gasteiger partial charge in [0, 0.05) is 24.2 Å². The second-order valence-electron chi connectivity index (χ2n) is 5.31. The third-order valence-corrected chi connectivity index (χ3v) is 3.50. The Labute approximate surface area is 126 Å². The molecule has 0 atom stereocenters. The van der Waals surface area contributed by atoms with Crippen LogP contribution >= 0.6 is 0 Å². The van der Waals surface area contributed by atoms with Gasteiger partial charge in [-0.2, -0.15) is 0 Å². The van der Waals surface area contributed by atoms with Crippen LogP contribution in [0.15, 0.2) is 34.7 Å². The predicted octanol–water partition coefficient (Wildman–Crippen LogP) is 2.95. The second-order valence-corrected chi connectivity index (χ2v) is 5.31. The average Bonchev–Trinajstić information content (AvgIpc) is 2.79. The lowest BCUT2D eigenvalue weighted by molar-refractivity contribution is 0.280. The van der Waals surface area contributed by atoms with E-state index in [0.29, 0.717) is 0 Å². The Kier molecular flexibility index (Phi) is 5.42. The summed E-state index contributed by atoms with van der Waals surface area (Å²) in [4.78, 5) is 2.22. The van der Waals surface area contributed by atoms with Gasteiger partial charge < -0.3 is 14.5 Å². The predicted molar refractivity (Wildman–Crippen MR) is 84.4 cm³/mol. The first-order valence-corrected chi connectivity index (χ1v) is 7.17. The molecule has 0 saturated heterocycles. The Morgan fingerprint density at radius 2 is 1.95 bits per heavy atom. The van der Waals surface area contributed by atoms with E-state index in [1.165, 1.54) is 11.1 Å². The molecule has 0 unspecified atom stereocenters. The van der Waals surface area contributed by atoms with Crippen LogP contribution < -0.4 is 10.1 Å². The lowest BCUT2D eigenvalue weighted by atomic mass is 10.2. The van der Waals surface area contributed by atoms with Gasteiger partial charge >= 0.3 is 0 Å². The molecule has 1 heterocycles. The maximum absolute atomic E-state index is 5.82. The topological polar surface area (TPSA) is 37.6 Å². The molecule has 0 radical (unpaired) electrons. The van der Waals surface area contributed by atoms with Gasteiger partial charge in [-0.15, -0.1) is 0 Å². The van der Waals surface area contributed by atoms with Gasteiger partial charge in [0.15, 0.2) is 0 Å². The number of hydrogen-bond acceptors (Lipinski definition) is 4. The highest BCUT2D eigenvalue weighted by molar-refractivity contribution is 5.33. The Hall–Kier alpha value is -1.78. The van der Waals surface area contributed by atoms with E-state index >= 15 is 0 Å². The van der Waals surface area contributed by atoms with Crippen molar-refractivity contribution in [1.82, 2.24) is 10.2 Å². The summed E-state index contributed by atoms with van der Waals surface area (Å²) < 4.78 is 11.2. The van der Waals surface area contributed by atoms with Gasteiger partial charge in [0.25, 0.3) is 0 Å². The minimum absolute atomic E-state index is 0.780. The molecule has 1 aromatic carbocycles. The first-order valence-electron chi connectivity index (χ1n) is 7.17. The van der Waals surface area contributed by atoms with Crippen LogP contribution in [0.4, 0.5) is 0 Å². The highest BCUT2D eigenvalue weighted by atomic mass is 16.5. The molecule has 21 heavy (non-hydrogen) atoms. The van der Waals surface area contributed by atoms with Crippen molar-refractivity contribution < 1.29 is 9.15 Å². The monoisotopic (exact) mass is 288 g/mol. The number of aryl methyl sites for hydroxylation is 1. The fourth-order valence-corrected chi connectivity index (χ4v) is 2.48. The Balaban J connectivity index is 2.01. The van der Waals surface area contributed by atoms with E-state index in [9.17, 15) is 0 Å². The van der Waals surface area contributed by atoms with Crippen molar-refractivity contribution in [3.63, 3.8) is 0 Å². The van der Waals surface area contributed by atoms with Gasteiger partial charge in [-0.25, -0.2) is 0 Å². The summed E-state index contributed by atoms with van der Waals surface area (Å²) in [7, 11) is 5.74. The second kappa shape index (κ2) is 7.29. The summed E-state index contributed by atoms with van der Waals surface area (Å²) in [5.41, 5.74) is 2.40. The molecule has 4 heteroatoms. The minimum atomic E-state index is 0.780. The number of nitrogens with one attached hydrogen (secondary N) is 1. The molecule has 4 nitrogen and oxygen atoms in total. The SMILES string of the molecule is CNCc1cc(CN(C)Cc2ccccc2OC)oc1C. The van der Waals surface area contributed by atoms with Gasteiger partial charge in [-0.1, -0.05) is 18.2 Å². The van der Waals surface area contributed by atoms with E-state index in [1.807, 2.05) is 32.2 Å². The zero-order valence-electron chi connectivity index (χ0n) is 13.3. The molecule has 0 aliphatic heterocycles. The molecule has 2 rings (SSSR count). The van der Waals surface area contributed by atoms with Crippen molar-refractivity contribution in [3.05, 3.63) is 53.0 Å². The minimum Gasteiger partial charge on any atom is -0.496 e. The number of nitrogens with zero attached hydrogens (tertiary/aromatic N) is 1. The zero-order chi connectivity index (χ0) is 15.2. The maximum atomic E-state index is 5.82. The molecule has 0 saturated carbocycles. The summed E-state index contributed by atoms with van der Waals surface area (Å²) in [5.74, 6) is 2.91. The van der Waals surface area contributed by atoms with Crippen molar-refractivity contribution in [2.75, 3.05) is 21.2 Å². The van der Waals surface area contributed by atoms with Crippen LogP contribution in [0.3, 0.4) is 0 Å². The average molecular weight is 288 g/mol. The van der Waals surface area contributed by atoms with Crippen LogP contribution in [0.5, 0.6) is 5.75 Å². The molecule has 114 valence electrons. The lowest BCUT2D eigenvalue weighted by Gasteiger charge is -2.17. The smallest absolute Gasteiger partial charge is 0.123 e. The molecule has 1 aromatic heterocycles. The number of methoxy groups -OCH3 is 1. The molecule has 0 bridgehead atoms. The number of furan rings is 1. The molecule has 2 aromatic rings. The summed E-state index contributed by atoms with van der Waals surface area (Å²) in [6, 6.07) is 10.2. The van der Waals surface area contributed by atoms with Crippen molar-refractivity contribution >= 4 is 0 Å². The number of ether oxygens (including phenoxy) is 1. The van der Waals surface area contributed by atoms with Crippen LogP contribution in [-0.4, -0.2) is 26.1 Å². The van der Waals surface area contributed by atoms with E-state index < -0.39 is 0 Å². The Morgan fingerprint density at radius 3 is 2.67 bits per heavy atom. The van der Waals surface area contributed by atoms with Crippen molar-refractivity contribution in [2.45, 2.75) is 26.6 Å². The Morgan fingerprint density at radius 1 is 1.19 bits per heavy atom. The summed E-state index contributed by atoms with van der Waals surface area (Å²) in [6.45, 7) is 4.45. The van der Waals surface area contributed by atoms with Crippen LogP contribution in [0.1, 0.15) is 22.6 Å². The molecule has 1 N–H and O–H groups in total. The summed E-state index contributed by atoms with van der Waals surface area (Å²) in [6.07, 6.45) is 0. The van der Waals surface area contributed by atoms with Gasteiger partial charge in [0.2, 0.25) is 0 Å². The van der Waals surface area contributed by atoms with E-state index in [4.69, 9.17) is 9.15 Å². The third kappa shape index (κ3) is 4.09. The largest absolute Gasteiger partial charge is 0.496 e. The Bertz CT molecular complexity index is 578. The zero-order valence-corrected chi connectivity index (χ0v) is 13.3. The molecular formula is C17H24N2O2. The molecule has 0 aliphatic rings. The van der Waals surface area contributed by atoms with Crippen molar-refractivity contribution in [1.29, 1.82) is 0 Å². The van der Waals surface area contributed by atoms with Crippen LogP contribution in [0, 0.1) is 6.92 Å². The standard InChI is InChI=1S/C17H24N2O2/c1-13-15(10-18-2)9-16(21-13)12-19(3)11-14-7-5-6-8-17(14)20-4/h5-9,18H,10-12H2,1-4H3. The van der Waals surface area contributed by atoms with Gasteiger partial charge in [0.1, 0.15) is 17.3 Å². The van der Waals surface area contributed by atoms with Gasteiger partial charge in [-0.05, 0) is 33.2 Å².